The molecule has 0 saturated carbocycles. The highest BCUT2D eigenvalue weighted by Gasteiger charge is 2.24. The number of pyridine rings is 1. The summed E-state index contributed by atoms with van der Waals surface area (Å²) >= 11 is 1.41. The molecule has 0 radical (unpaired) electrons. The topological polar surface area (TPSA) is 83.1 Å². The summed E-state index contributed by atoms with van der Waals surface area (Å²) in [6, 6.07) is 18.9. The van der Waals surface area contributed by atoms with Crippen LogP contribution in [0.2, 0.25) is 0 Å². The van der Waals surface area contributed by atoms with Gasteiger partial charge in [-0.2, -0.15) is 0 Å². The number of nitrogens with one attached hydrogen (secondary N) is 3. The summed E-state index contributed by atoms with van der Waals surface area (Å²) in [6.45, 7) is 6.59. The quantitative estimate of drug-likeness (QED) is 0.334. The minimum absolute atomic E-state index is 0.155. The molecule has 0 aliphatic carbocycles. The molecule has 0 saturated heterocycles. The van der Waals surface area contributed by atoms with Crippen LogP contribution >= 0.6 is 11.3 Å². The first-order chi connectivity index (χ1) is 15.8. The van der Waals surface area contributed by atoms with Crippen molar-refractivity contribution in [2.24, 2.45) is 0 Å². The van der Waals surface area contributed by atoms with E-state index in [0.29, 0.717) is 22.8 Å². The summed E-state index contributed by atoms with van der Waals surface area (Å²) in [5.74, 6) is -0.244. The molecule has 2 aromatic carbocycles. The second-order valence-corrected chi connectivity index (χ2v) is 9.84. The van der Waals surface area contributed by atoms with Gasteiger partial charge in [0.15, 0.2) is 0 Å². The molecule has 168 valence electrons. The molecular weight excluding hydrogens is 432 g/mol. The number of anilines is 2. The molecule has 0 spiro atoms. The Balaban J connectivity index is 1.51. The molecule has 2 heterocycles. The summed E-state index contributed by atoms with van der Waals surface area (Å²) in [5, 5.41) is 11.3. The van der Waals surface area contributed by atoms with E-state index < -0.39 is 6.03 Å². The first-order valence-corrected chi connectivity index (χ1v) is 11.5. The zero-order valence-electron chi connectivity index (χ0n) is 18.8. The maximum Gasteiger partial charge on any atom is 0.324 e. The monoisotopic (exact) mass is 458 g/mol. The number of thiophene rings is 1. The van der Waals surface area contributed by atoms with Crippen LogP contribution in [-0.4, -0.2) is 16.9 Å². The molecule has 3 amide bonds. The molecule has 3 N–H and O–H groups in total. The van der Waals surface area contributed by atoms with Crippen LogP contribution in [0, 0.1) is 0 Å². The van der Waals surface area contributed by atoms with Crippen molar-refractivity contribution in [2.45, 2.75) is 32.7 Å². The fraction of sp³-hybridized carbons (Fsp3) is 0.192. The molecule has 0 unspecified atom stereocenters. The van der Waals surface area contributed by atoms with Gasteiger partial charge in [0, 0.05) is 29.5 Å². The van der Waals surface area contributed by atoms with E-state index in [4.69, 9.17) is 0 Å². The van der Waals surface area contributed by atoms with Crippen LogP contribution in [0.3, 0.4) is 0 Å². The van der Waals surface area contributed by atoms with Gasteiger partial charge in [0.05, 0.1) is 5.56 Å². The fourth-order valence-electron chi connectivity index (χ4n) is 3.33. The predicted molar refractivity (Wildman–Crippen MR) is 135 cm³/mol. The number of benzene rings is 2. The van der Waals surface area contributed by atoms with Crippen LogP contribution in [-0.2, 0) is 12.0 Å². The van der Waals surface area contributed by atoms with E-state index in [0.717, 1.165) is 21.2 Å². The molecule has 0 aliphatic heterocycles. The third kappa shape index (κ3) is 5.56. The van der Waals surface area contributed by atoms with Crippen molar-refractivity contribution >= 4 is 44.7 Å². The molecule has 33 heavy (non-hydrogen) atoms. The van der Waals surface area contributed by atoms with E-state index in [9.17, 15) is 9.59 Å². The lowest BCUT2D eigenvalue weighted by Crippen LogP contribution is -2.25. The number of amides is 3. The highest BCUT2D eigenvalue weighted by Crippen LogP contribution is 2.36. The maximum atomic E-state index is 13.0. The van der Waals surface area contributed by atoms with Gasteiger partial charge in [-0.25, -0.2) is 4.79 Å². The van der Waals surface area contributed by atoms with E-state index >= 15 is 0 Å². The number of urea groups is 1. The van der Waals surface area contributed by atoms with Crippen LogP contribution in [0.5, 0.6) is 0 Å². The molecule has 0 bridgehead atoms. The summed E-state index contributed by atoms with van der Waals surface area (Å²) in [4.78, 5) is 30.8. The van der Waals surface area contributed by atoms with Crippen molar-refractivity contribution in [1.29, 1.82) is 0 Å². The van der Waals surface area contributed by atoms with E-state index in [1.807, 2.05) is 60.7 Å². The lowest BCUT2D eigenvalue weighted by atomic mass is 9.94. The Bertz CT molecular complexity index is 1290. The predicted octanol–water partition coefficient (Wildman–Crippen LogP) is 6.17. The number of hydrogen-bond donors (Lipinski definition) is 3. The number of aromatic nitrogens is 1. The van der Waals surface area contributed by atoms with E-state index in [1.54, 1.807) is 12.4 Å². The molecule has 2 aromatic heterocycles. The number of fused-ring (bicyclic) bond motifs is 1. The third-order valence-corrected chi connectivity index (χ3v) is 6.60. The molecule has 6 nitrogen and oxygen atoms in total. The van der Waals surface area contributed by atoms with Crippen molar-refractivity contribution in [3.63, 3.8) is 0 Å². The Morgan fingerprint density at radius 2 is 1.73 bits per heavy atom. The molecule has 7 heteroatoms. The summed E-state index contributed by atoms with van der Waals surface area (Å²) in [6.07, 6.45) is 3.40. The Labute approximate surface area is 197 Å². The largest absolute Gasteiger partial charge is 0.348 e. The van der Waals surface area contributed by atoms with Crippen LogP contribution in [0.4, 0.5) is 15.5 Å². The van der Waals surface area contributed by atoms with Gasteiger partial charge in [0.1, 0.15) is 5.00 Å². The SMILES string of the molecule is CC(C)(C)c1cc(C(=O)NCc2cccnc2)c(NC(=O)Nc2ccc3ccccc3c2)s1. The standard InChI is InChI=1S/C26H26N4O2S/c1-26(2,3)22-14-21(23(31)28-16-17-7-6-12-27-15-17)24(33-22)30-25(32)29-20-11-10-18-8-4-5-9-19(18)13-20/h4-15H,16H2,1-3H3,(H,28,31)(H2,29,30,32). The average Bonchev–Trinajstić information content (AvgIpc) is 3.22. The van der Waals surface area contributed by atoms with Gasteiger partial charge in [-0.05, 0) is 46.0 Å². The van der Waals surface area contributed by atoms with Crippen LogP contribution in [0.15, 0.2) is 73.1 Å². The van der Waals surface area contributed by atoms with Crippen molar-refractivity contribution < 1.29 is 9.59 Å². The van der Waals surface area contributed by atoms with Gasteiger partial charge >= 0.3 is 6.03 Å². The van der Waals surface area contributed by atoms with E-state index in [-0.39, 0.29) is 11.3 Å². The first kappa shape index (κ1) is 22.5. The van der Waals surface area contributed by atoms with Crippen molar-refractivity contribution in [3.05, 3.63) is 89.1 Å². The van der Waals surface area contributed by atoms with Gasteiger partial charge in [-0.1, -0.05) is 57.2 Å². The van der Waals surface area contributed by atoms with Gasteiger partial charge in [0.2, 0.25) is 0 Å². The average molecular weight is 459 g/mol. The summed E-state index contributed by atoms with van der Waals surface area (Å²) < 4.78 is 0. The number of carbonyl (C=O) groups excluding carboxylic acids is 2. The van der Waals surface area contributed by atoms with Gasteiger partial charge in [-0.3, -0.25) is 15.1 Å². The zero-order chi connectivity index (χ0) is 23.4. The second-order valence-electron chi connectivity index (χ2n) is 8.79. The Hall–Kier alpha value is -3.71. The van der Waals surface area contributed by atoms with Crippen molar-refractivity contribution in [3.8, 4) is 0 Å². The fourth-order valence-corrected chi connectivity index (χ4v) is 4.44. The smallest absolute Gasteiger partial charge is 0.324 e. The number of nitrogens with zero attached hydrogens (tertiary/aromatic N) is 1. The minimum atomic E-state index is -0.395. The molecule has 4 rings (SSSR count). The zero-order valence-corrected chi connectivity index (χ0v) is 19.6. The molecule has 0 atom stereocenters. The Morgan fingerprint density at radius 3 is 2.45 bits per heavy atom. The highest BCUT2D eigenvalue weighted by atomic mass is 32.1. The normalized spacial score (nSPS) is 11.2. The van der Waals surface area contributed by atoms with Gasteiger partial charge in [-0.15, -0.1) is 11.3 Å². The molecular formula is C26H26N4O2S. The van der Waals surface area contributed by atoms with E-state index in [2.05, 4.69) is 41.7 Å². The number of hydrogen-bond acceptors (Lipinski definition) is 4. The van der Waals surface area contributed by atoms with E-state index in [1.165, 1.54) is 11.3 Å². The van der Waals surface area contributed by atoms with Crippen molar-refractivity contribution in [1.82, 2.24) is 10.3 Å². The van der Waals surface area contributed by atoms with Crippen LogP contribution in [0.1, 0.15) is 41.6 Å². The number of rotatable bonds is 5. The lowest BCUT2D eigenvalue weighted by molar-refractivity contribution is 0.0952. The lowest BCUT2D eigenvalue weighted by Gasteiger charge is -2.15. The maximum absolute atomic E-state index is 13.0. The molecule has 0 fully saturated rings. The summed E-state index contributed by atoms with van der Waals surface area (Å²) in [7, 11) is 0. The van der Waals surface area contributed by atoms with Crippen LogP contribution < -0.4 is 16.0 Å². The first-order valence-electron chi connectivity index (χ1n) is 10.7. The third-order valence-electron chi connectivity index (χ3n) is 5.13. The minimum Gasteiger partial charge on any atom is -0.348 e. The van der Waals surface area contributed by atoms with Crippen molar-refractivity contribution in [2.75, 3.05) is 10.6 Å². The summed E-state index contributed by atoms with van der Waals surface area (Å²) in [5.41, 5.74) is 1.88. The van der Waals surface area contributed by atoms with Gasteiger partial charge < -0.3 is 10.6 Å². The van der Waals surface area contributed by atoms with Crippen LogP contribution in [0.25, 0.3) is 10.8 Å². The van der Waals surface area contributed by atoms with Gasteiger partial charge in [0.25, 0.3) is 5.91 Å². The molecule has 4 aromatic rings. The second kappa shape index (κ2) is 9.42. The number of carbonyl (C=O) groups is 2. The Kier molecular flexibility index (Phi) is 6.42. The highest BCUT2D eigenvalue weighted by molar-refractivity contribution is 7.16. The Morgan fingerprint density at radius 1 is 0.939 bits per heavy atom. The molecule has 0 aliphatic rings.